The Labute approximate surface area is 66.9 Å². The topological polar surface area (TPSA) is 33.1 Å². The molecule has 0 unspecified atom stereocenters. The molecule has 0 aromatic carbocycles. The Morgan fingerprint density at radius 3 is 2.45 bits per heavy atom. The Morgan fingerprint density at radius 2 is 2.09 bits per heavy atom. The molecule has 0 fully saturated rings. The minimum atomic E-state index is -0.756. The lowest BCUT2D eigenvalue weighted by molar-refractivity contribution is 0.0784. The minimum Gasteiger partial charge on any atom is -0.386 e. The molecular weight excluding hydrogens is 138 g/mol. The van der Waals surface area contributed by atoms with Gasteiger partial charge in [0.05, 0.1) is 5.60 Å². The summed E-state index contributed by atoms with van der Waals surface area (Å²) in [6.45, 7) is 5.44. The zero-order valence-electron chi connectivity index (χ0n) is 7.13. The van der Waals surface area contributed by atoms with Crippen LogP contribution in [0.15, 0.2) is 18.3 Å². The first-order valence-corrected chi connectivity index (χ1v) is 3.65. The van der Waals surface area contributed by atoms with Crippen molar-refractivity contribution in [1.82, 2.24) is 4.98 Å². The molecule has 0 aliphatic heterocycles. The summed E-state index contributed by atoms with van der Waals surface area (Å²) < 4.78 is 0. The van der Waals surface area contributed by atoms with Crippen molar-refractivity contribution in [3.63, 3.8) is 0 Å². The van der Waals surface area contributed by atoms with Crippen LogP contribution in [-0.4, -0.2) is 10.1 Å². The van der Waals surface area contributed by atoms with Crippen LogP contribution in [-0.2, 0) is 5.60 Å². The lowest BCUT2D eigenvalue weighted by atomic mass is 9.99. The van der Waals surface area contributed by atoms with Gasteiger partial charge in [-0.25, -0.2) is 0 Å². The second-order valence-corrected chi connectivity index (χ2v) is 3.24. The van der Waals surface area contributed by atoms with E-state index in [1.54, 1.807) is 20.0 Å². The quantitative estimate of drug-likeness (QED) is 0.661. The van der Waals surface area contributed by atoms with E-state index in [0.717, 1.165) is 11.3 Å². The number of rotatable bonds is 1. The van der Waals surface area contributed by atoms with Crippen molar-refractivity contribution in [3.05, 3.63) is 29.6 Å². The molecule has 1 aromatic heterocycles. The van der Waals surface area contributed by atoms with Crippen LogP contribution in [0.25, 0.3) is 0 Å². The third-order valence-electron chi connectivity index (χ3n) is 1.60. The number of pyridine rings is 1. The average molecular weight is 151 g/mol. The molecule has 1 N–H and O–H groups in total. The normalized spacial score (nSPS) is 11.6. The van der Waals surface area contributed by atoms with Crippen LogP contribution in [0.4, 0.5) is 0 Å². The van der Waals surface area contributed by atoms with Crippen LogP contribution >= 0.6 is 0 Å². The van der Waals surface area contributed by atoms with E-state index >= 15 is 0 Å². The summed E-state index contributed by atoms with van der Waals surface area (Å²) in [6.07, 6.45) is 1.71. The molecule has 0 aliphatic carbocycles. The summed E-state index contributed by atoms with van der Waals surface area (Å²) in [5.41, 5.74) is 1.09. The zero-order chi connectivity index (χ0) is 8.48. The van der Waals surface area contributed by atoms with Crippen molar-refractivity contribution >= 4 is 0 Å². The van der Waals surface area contributed by atoms with Crippen LogP contribution in [0.2, 0.25) is 0 Å². The number of aromatic nitrogens is 1. The van der Waals surface area contributed by atoms with Crippen LogP contribution in [0.1, 0.15) is 25.1 Å². The van der Waals surface area contributed by atoms with Gasteiger partial charge in [0, 0.05) is 11.9 Å². The maximum Gasteiger partial charge on any atom is 0.0841 e. The summed E-state index contributed by atoms with van der Waals surface area (Å²) >= 11 is 0. The Hall–Kier alpha value is -0.890. The van der Waals surface area contributed by atoms with Crippen molar-refractivity contribution in [2.45, 2.75) is 26.4 Å². The number of hydrogen-bond acceptors (Lipinski definition) is 2. The second kappa shape index (κ2) is 2.62. The molecule has 2 nitrogen and oxygen atoms in total. The number of nitrogens with zero attached hydrogens (tertiary/aromatic N) is 1. The molecular formula is C9H13NO. The van der Waals surface area contributed by atoms with Gasteiger partial charge < -0.3 is 5.11 Å². The highest BCUT2D eigenvalue weighted by atomic mass is 16.3. The van der Waals surface area contributed by atoms with Gasteiger partial charge in [-0.05, 0) is 38.5 Å². The Morgan fingerprint density at radius 1 is 1.45 bits per heavy atom. The smallest absolute Gasteiger partial charge is 0.0841 e. The number of hydrogen-bond donors (Lipinski definition) is 1. The molecule has 11 heavy (non-hydrogen) atoms. The summed E-state index contributed by atoms with van der Waals surface area (Å²) in [7, 11) is 0. The van der Waals surface area contributed by atoms with Crippen molar-refractivity contribution < 1.29 is 5.11 Å². The standard InChI is InChI=1S/C9H13NO/c1-7-6-8(4-5-10-7)9(2,3)11/h4-6,11H,1-3H3. The van der Waals surface area contributed by atoms with Crippen molar-refractivity contribution in [2.24, 2.45) is 0 Å². The Kier molecular flexibility index (Phi) is 1.96. The van der Waals surface area contributed by atoms with E-state index in [2.05, 4.69) is 4.98 Å². The molecule has 1 heterocycles. The van der Waals surface area contributed by atoms with Crippen molar-refractivity contribution in [3.8, 4) is 0 Å². The first-order valence-electron chi connectivity index (χ1n) is 3.65. The molecule has 0 bridgehead atoms. The zero-order valence-corrected chi connectivity index (χ0v) is 7.13. The van der Waals surface area contributed by atoms with Gasteiger partial charge in [-0.15, -0.1) is 0 Å². The molecule has 1 aromatic rings. The van der Waals surface area contributed by atoms with Gasteiger partial charge in [0.2, 0.25) is 0 Å². The maximum absolute atomic E-state index is 9.59. The first-order chi connectivity index (χ1) is 5.00. The van der Waals surface area contributed by atoms with Crippen molar-refractivity contribution in [2.75, 3.05) is 0 Å². The lowest BCUT2D eigenvalue weighted by Crippen LogP contribution is -2.15. The molecule has 0 radical (unpaired) electrons. The van der Waals surface area contributed by atoms with Gasteiger partial charge in [-0.2, -0.15) is 0 Å². The summed E-state index contributed by atoms with van der Waals surface area (Å²) in [4.78, 5) is 4.04. The molecule has 2 heteroatoms. The van der Waals surface area contributed by atoms with Gasteiger partial charge >= 0.3 is 0 Å². The van der Waals surface area contributed by atoms with E-state index in [1.165, 1.54) is 0 Å². The molecule has 0 saturated carbocycles. The van der Waals surface area contributed by atoms with E-state index in [1.807, 2.05) is 19.1 Å². The summed E-state index contributed by atoms with van der Waals surface area (Å²) in [5.74, 6) is 0. The Balaban J connectivity index is 3.06. The molecule has 0 spiro atoms. The largest absolute Gasteiger partial charge is 0.386 e. The van der Waals surface area contributed by atoms with E-state index in [4.69, 9.17) is 0 Å². The second-order valence-electron chi connectivity index (χ2n) is 3.24. The number of aryl methyl sites for hydroxylation is 1. The van der Waals surface area contributed by atoms with Gasteiger partial charge in [0.25, 0.3) is 0 Å². The van der Waals surface area contributed by atoms with Gasteiger partial charge in [0.15, 0.2) is 0 Å². The molecule has 1 rings (SSSR count). The third-order valence-corrected chi connectivity index (χ3v) is 1.60. The monoisotopic (exact) mass is 151 g/mol. The predicted molar refractivity (Wildman–Crippen MR) is 44.2 cm³/mol. The highest BCUT2D eigenvalue weighted by Gasteiger charge is 2.15. The fraction of sp³-hybridized carbons (Fsp3) is 0.444. The molecule has 60 valence electrons. The van der Waals surface area contributed by atoms with Gasteiger partial charge in [-0.1, -0.05) is 0 Å². The first kappa shape index (κ1) is 8.21. The predicted octanol–water partition coefficient (Wildman–Crippen LogP) is 1.62. The summed E-state index contributed by atoms with van der Waals surface area (Å²) in [6, 6.07) is 3.72. The number of aliphatic hydroxyl groups is 1. The van der Waals surface area contributed by atoms with Crippen molar-refractivity contribution in [1.29, 1.82) is 0 Å². The molecule has 0 saturated heterocycles. The summed E-state index contributed by atoms with van der Waals surface area (Å²) in [5, 5.41) is 9.59. The fourth-order valence-corrected chi connectivity index (χ4v) is 0.926. The highest BCUT2D eigenvalue weighted by molar-refractivity contribution is 5.20. The molecule has 0 amide bonds. The third kappa shape index (κ3) is 2.02. The van der Waals surface area contributed by atoms with Crippen LogP contribution < -0.4 is 0 Å². The van der Waals surface area contributed by atoms with Crippen LogP contribution in [0.5, 0.6) is 0 Å². The fourth-order valence-electron chi connectivity index (χ4n) is 0.926. The van der Waals surface area contributed by atoms with E-state index in [-0.39, 0.29) is 0 Å². The van der Waals surface area contributed by atoms with E-state index in [0.29, 0.717) is 0 Å². The van der Waals surface area contributed by atoms with E-state index in [9.17, 15) is 5.11 Å². The lowest BCUT2D eigenvalue weighted by Gasteiger charge is -2.17. The Bertz CT molecular complexity index is 250. The highest BCUT2D eigenvalue weighted by Crippen LogP contribution is 2.18. The van der Waals surface area contributed by atoms with E-state index < -0.39 is 5.60 Å². The SMILES string of the molecule is Cc1cc(C(C)(C)O)ccn1. The molecule has 0 aliphatic rings. The maximum atomic E-state index is 9.59. The van der Waals surface area contributed by atoms with Gasteiger partial charge in [-0.3, -0.25) is 4.98 Å². The van der Waals surface area contributed by atoms with Crippen LogP contribution in [0, 0.1) is 6.92 Å². The minimum absolute atomic E-state index is 0.756. The van der Waals surface area contributed by atoms with Gasteiger partial charge in [0.1, 0.15) is 0 Å². The average Bonchev–Trinajstić information content (AvgIpc) is 1.86. The molecule has 0 atom stereocenters. The van der Waals surface area contributed by atoms with Crippen LogP contribution in [0.3, 0.4) is 0 Å².